The zero-order chi connectivity index (χ0) is 15.4. The molecule has 1 aliphatic heterocycles. The summed E-state index contributed by atoms with van der Waals surface area (Å²) < 4.78 is 0. The van der Waals surface area contributed by atoms with Gasteiger partial charge in [0.15, 0.2) is 11.6 Å². The van der Waals surface area contributed by atoms with Crippen molar-refractivity contribution >= 4 is 17.3 Å². The summed E-state index contributed by atoms with van der Waals surface area (Å²) in [7, 11) is 0. The molecule has 0 aromatic carbocycles. The van der Waals surface area contributed by atoms with Gasteiger partial charge in [0.1, 0.15) is 5.69 Å². The van der Waals surface area contributed by atoms with Crippen molar-refractivity contribution in [1.82, 2.24) is 15.0 Å². The highest BCUT2D eigenvalue weighted by atomic mass is 16.1. The summed E-state index contributed by atoms with van der Waals surface area (Å²) in [6, 6.07) is 1.90. The monoisotopic (exact) mass is 297 g/mol. The predicted molar refractivity (Wildman–Crippen MR) is 84.8 cm³/mol. The van der Waals surface area contributed by atoms with Gasteiger partial charge in [-0.15, -0.1) is 0 Å². The maximum Gasteiger partial charge on any atom is 0.189 e. The Balaban J connectivity index is 1.83. The minimum Gasteiger partial charge on any atom is -0.382 e. The van der Waals surface area contributed by atoms with E-state index in [4.69, 9.17) is 5.73 Å². The lowest BCUT2D eigenvalue weighted by atomic mass is 10.0. The topological polar surface area (TPSA) is 85.0 Å². The van der Waals surface area contributed by atoms with E-state index in [0.29, 0.717) is 0 Å². The highest BCUT2D eigenvalue weighted by molar-refractivity contribution is 5.99. The molecule has 0 unspecified atom stereocenters. The lowest BCUT2D eigenvalue weighted by Gasteiger charge is -2.30. The first kappa shape index (κ1) is 14.4. The number of hydrogen-bond acceptors (Lipinski definition) is 6. The fraction of sp³-hybridized carbons (Fsp3) is 0.375. The molecule has 0 saturated carbocycles. The molecule has 6 nitrogen and oxygen atoms in total. The molecule has 0 spiro atoms. The van der Waals surface area contributed by atoms with E-state index in [1.54, 1.807) is 6.20 Å². The van der Waals surface area contributed by atoms with Crippen LogP contribution in [0.5, 0.6) is 0 Å². The number of piperidine rings is 1. The van der Waals surface area contributed by atoms with Gasteiger partial charge in [0.25, 0.3) is 0 Å². The van der Waals surface area contributed by atoms with Crippen LogP contribution in [0.15, 0.2) is 30.9 Å². The number of rotatable bonds is 4. The van der Waals surface area contributed by atoms with Crippen LogP contribution < -0.4 is 10.6 Å². The van der Waals surface area contributed by atoms with Crippen LogP contribution in [-0.4, -0.2) is 33.8 Å². The lowest BCUT2D eigenvalue weighted by Crippen LogP contribution is -2.30. The molecule has 3 rings (SSSR count). The van der Waals surface area contributed by atoms with Crippen LogP contribution in [-0.2, 0) is 6.42 Å². The van der Waals surface area contributed by atoms with Crippen LogP contribution >= 0.6 is 0 Å². The average Bonchev–Trinajstić information content (AvgIpc) is 2.56. The van der Waals surface area contributed by atoms with E-state index >= 15 is 0 Å². The highest BCUT2D eigenvalue weighted by Gasteiger charge is 2.18. The van der Waals surface area contributed by atoms with Crippen molar-refractivity contribution < 1.29 is 4.79 Å². The molecule has 2 aromatic heterocycles. The van der Waals surface area contributed by atoms with Crippen molar-refractivity contribution in [3.8, 4) is 0 Å². The minimum atomic E-state index is -0.116. The molecular weight excluding hydrogens is 278 g/mol. The molecular formula is C16H19N5O. The molecule has 1 aliphatic rings. The summed E-state index contributed by atoms with van der Waals surface area (Å²) in [5.41, 5.74) is 7.98. The van der Waals surface area contributed by atoms with E-state index in [-0.39, 0.29) is 23.7 Å². The molecule has 6 heteroatoms. The molecule has 0 amide bonds. The number of carbonyl (C=O) groups is 1. The summed E-state index contributed by atoms with van der Waals surface area (Å²) >= 11 is 0. The Morgan fingerprint density at radius 1 is 1.14 bits per heavy atom. The third kappa shape index (κ3) is 3.05. The number of nitrogens with zero attached hydrogens (tertiary/aromatic N) is 4. The SMILES string of the molecule is Nc1nccnc1C(=O)Cc1ccncc1N1CCCCC1. The normalized spacial score (nSPS) is 14.8. The van der Waals surface area contributed by atoms with E-state index in [1.165, 1.54) is 31.7 Å². The van der Waals surface area contributed by atoms with Gasteiger partial charge in [-0.05, 0) is 30.9 Å². The molecule has 1 fully saturated rings. The molecule has 3 heterocycles. The van der Waals surface area contributed by atoms with Crippen molar-refractivity contribution in [2.24, 2.45) is 0 Å². The number of aromatic nitrogens is 3. The first-order chi connectivity index (χ1) is 10.8. The number of Topliss-reactive ketones (excluding diaryl/α,β-unsaturated/α-hetero) is 1. The van der Waals surface area contributed by atoms with Crippen LogP contribution in [0.3, 0.4) is 0 Å². The molecule has 114 valence electrons. The van der Waals surface area contributed by atoms with Crippen LogP contribution in [0.1, 0.15) is 35.3 Å². The van der Waals surface area contributed by atoms with Crippen molar-refractivity contribution in [2.75, 3.05) is 23.7 Å². The lowest BCUT2D eigenvalue weighted by molar-refractivity contribution is 0.0989. The largest absolute Gasteiger partial charge is 0.382 e. The standard InChI is InChI=1S/C16H19N5O/c17-16-15(19-6-7-20-16)14(22)10-12-4-5-18-11-13(12)21-8-2-1-3-9-21/h4-7,11H,1-3,8-10H2,(H2,17,20). The van der Waals surface area contributed by atoms with Gasteiger partial charge >= 0.3 is 0 Å². The van der Waals surface area contributed by atoms with E-state index in [0.717, 1.165) is 24.3 Å². The van der Waals surface area contributed by atoms with Gasteiger partial charge in [-0.3, -0.25) is 9.78 Å². The number of carbonyl (C=O) groups excluding carboxylic acids is 1. The Labute approximate surface area is 129 Å². The Morgan fingerprint density at radius 2 is 1.91 bits per heavy atom. The maximum atomic E-state index is 12.4. The Kier molecular flexibility index (Phi) is 4.27. The maximum absolute atomic E-state index is 12.4. The smallest absolute Gasteiger partial charge is 0.189 e. The fourth-order valence-electron chi connectivity index (χ4n) is 2.80. The second-order valence-electron chi connectivity index (χ2n) is 5.44. The Bertz CT molecular complexity index is 667. The molecule has 2 N–H and O–H groups in total. The summed E-state index contributed by atoms with van der Waals surface area (Å²) in [5, 5.41) is 0. The molecule has 0 bridgehead atoms. The fourth-order valence-corrected chi connectivity index (χ4v) is 2.80. The van der Waals surface area contributed by atoms with Gasteiger partial charge in [-0.2, -0.15) is 0 Å². The summed E-state index contributed by atoms with van der Waals surface area (Å²) in [6.07, 6.45) is 10.4. The second kappa shape index (κ2) is 6.51. The van der Waals surface area contributed by atoms with Gasteiger partial charge in [0, 0.05) is 38.1 Å². The van der Waals surface area contributed by atoms with Gasteiger partial charge in [-0.1, -0.05) is 0 Å². The molecule has 0 radical (unpaired) electrons. The second-order valence-corrected chi connectivity index (χ2v) is 5.44. The predicted octanol–water partition coefficient (Wildman–Crippen LogP) is 1.87. The Hall–Kier alpha value is -2.50. The molecule has 0 atom stereocenters. The van der Waals surface area contributed by atoms with Crippen molar-refractivity contribution in [1.29, 1.82) is 0 Å². The first-order valence-electron chi connectivity index (χ1n) is 7.53. The molecule has 0 aliphatic carbocycles. The van der Waals surface area contributed by atoms with E-state index in [9.17, 15) is 4.79 Å². The van der Waals surface area contributed by atoms with E-state index < -0.39 is 0 Å². The van der Waals surface area contributed by atoms with Gasteiger partial charge in [0.05, 0.1) is 11.9 Å². The van der Waals surface area contributed by atoms with Crippen LogP contribution in [0, 0.1) is 0 Å². The number of ketones is 1. The van der Waals surface area contributed by atoms with Gasteiger partial charge < -0.3 is 10.6 Å². The number of pyridine rings is 1. The summed E-state index contributed by atoms with van der Waals surface area (Å²) in [4.78, 5) is 26.9. The highest BCUT2D eigenvalue weighted by Crippen LogP contribution is 2.24. The number of nitrogens with two attached hydrogens (primary N) is 1. The first-order valence-corrected chi connectivity index (χ1v) is 7.53. The number of nitrogen functional groups attached to an aromatic ring is 1. The van der Waals surface area contributed by atoms with Gasteiger partial charge in [-0.25, -0.2) is 9.97 Å². The average molecular weight is 297 g/mol. The van der Waals surface area contributed by atoms with Gasteiger partial charge in [0.2, 0.25) is 0 Å². The molecule has 1 saturated heterocycles. The third-order valence-electron chi connectivity index (χ3n) is 3.93. The van der Waals surface area contributed by atoms with Crippen LogP contribution in [0.4, 0.5) is 11.5 Å². The van der Waals surface area contributed by atoms with E-state index in [2.05, 4.69) is 19.9 Å². The zero-order valence-corrected chi connectivity index (χ0v) is 12.4. The Morgan fingerprint density at radius 3 is 2.68 bits per heavy atom. The third-order valence-corrected chi connectivity index (χ3v) is 3.93. The summed E-state index contributed by atoms with van der Waals surface area (Å²) in [5.74, 6) is 0.0659. The van der Waals surface area contributed by atoms with Crippen molar-refractivity contribution in [2.45, 2.75) is 25.7 Å². The molecule has 2 aromatic rings. The number of hydrogen-bond donors (Lipinski definition) is 1. The zero-order valence-electron chi connectivity index (χ0n) is 12.4. The molecule has 22 heavy (non-hydrogen) atoms. The van der Waals surface area contributed by atoms with Crippen molar-refractivity contribution in [3.63, 3.8) is 0 Å². The van der Waals surface area contributed by atoms with Crippen LogP contribution in [0.2, 0.25) is 0 Å². The van der Waals surface area contributed by atoms with Crippen molar-refractivity contribution in [3.05, 3.63) is 42.1 Å². The quantitative estimate of drug-likeness (QED) is 0.867. The summed E-state index contributed by atoms with van der Waals surface area (Å²) in [6.45, 7) is 2.03. The minimum absolute atomic E-state index is 0.116. The van der Waals surface area contributed by atoms with Crippen LogP contribution in [0.25, 0.3) is 0 Å². The van der Waals surface area contributed by atoms with E-state index in [1.807, 2.05) is 12.3 Å². The number of anilines is 2.